The zero-order valence-electron chi connectivity index (χ0n) is 20.5. The summed E-state index contributed by atoms with van der Waals surface area (Å²) in [6.07, 6.45) is 11.7. The largest absolute Gasteiger partial charge is 0.329 e. The summed E-state index contributed by atoms with van der Waals surface area (Å²) in [5.41, 5.74) is 6.62. The average molecular weight is 457 g/mol. The Hall–Kier alpha value is -3.41. The Morgan fingerprint density at radius 3 is 1.39 bits per heavy atom. The summed E-state index contributed by atoms with van der Waals surface area (Å²) in [7, 11) is 0. The Bertz CT molecular complexity index is 1240. The van der Waals surface area contributed by atoms with E-state index in [1.54, 1.807) is 23.9 Å². The van der Waals surface area contributed by atoms with Gasteiger partial charge in [0, 0.05) is 33.3 Å². The third kappa shape index (κ3) is 3.84. The molecule has 1 aliphatic rings. The molecule has 2 aromatic heterocycles. The van der Waals surface area contributed by atoms with Gasteiger partial charge in [0.25, 0.3) is 0 Å². The molecule has 0 fully saturated rings. The van der Waals surface area contributed by atoms with E-state index in [9.17, 15) is 10.5 Å². The molecule has 1 aliphatic heterocycles. The third-order valence-corrected chi connectivity index (χ3v) is 6.26. The lowest BCUT2D eigenvalue weighted by Gasteiger charge is -2.07. The molecule has 1 aromatic carbocycles. The lowest BCUT2D eigenvalue weighted by atomic mass is 9.95. The van der Waals surface area contributed by atoms with Crippen LogP contribution >= 0.6 is 11.8 Å². The summed E-state index contributed by atoms with van der Waals surface area (Å²) >= 11 is 1.80. The SMILES string of the molecule is C=Cc1c(/C=C\C)n2c3c1c(C#N)c(C#N)c1c(C=C)c(/C=C\C)n(c13)CSC2.CC.CC. The molecule has 0 atom stereocenters. The molecule has 170 valence electrons. The van der Waals surface area contributed by atoms with E-state index < -0.39 is 0 Å². The Morgan fingerprint density at radius 2 is 1.12 bits per heavy atom. The molecule has 0 N–H and O–H groups in total. The second kappa shape index (κ2) is 11.5. The Balaban J connectivity index is 0.000000914. The Labute approximate surface area is 201 Å². The monoisotopic (exact) mass is 456 g/mol. The van der Waals surface area contributed by atoms with E-state index in [0.29, 0.717) is 11.1 Å². The highest BCUT2D eigenvalue weighted by Gasteiger charge is 2.29. The van der Waals surface area contributed by atoms with E-state index in [1.807, 2.05) is 53.7 Å². The van der Waals surface area contributed by atoms with E-state index in [2.05, 4.69) is 46.6 Å². The maximum absolute atomic E-state index is 10.1. The van der Waals surface area contributed by atoms with Gasteiger partial charge in [-0.2, -0.15) is 10.5 Å². The smallest absolute Gasteiger partial charge is 0.101 e. The molecular formula is C28H32N4S. The van der Waals surface area contributed by atoms with Crippen molar-refractivity contribution in [3.63, 3.8) is 0 Å². The summed E-state index contributed by atoms with van der Waals surface area (Å²) in [6, 6.07) is 4.64. The van der Waals surface area contributed by atoms with E-state index in [0.717, 1.165) is 56.1 Å². The normalized spacial score (nSPS) is 12.1. The van der Waals surface area contributed by atoms with Crippen LogP contribution in [0, 0.1) is 22.7 Å². The average Bonchev–Trinajstić information content (AvgIpc) is 3.24. The lowest BCUT2D eigenvalue weighted by Crippen LogP contribution is -1.97. The number of thioether (sulfide) groups is 1. The third-order valence-electron chi connectivity index (χ3n) is 5.38. The highest BCUT2D eigenvalue weighted by atomic mass is 32.2. The number of nitrogens with zero attached hydrogens (tertiary/aromatic N) is 4. The standard InChI is InChI=1S/C24H20N4S.2C2H6/c1-5-9-19-15(7-3)21-17(11-25)18(12-26)22-16(8-4)20(10-6-2)28-14-29-13-27(19)23(21)24(22)28;2*1-2/h5-10H,3-4,13-14H2,1-2H3;2*1-2H3/b9-5-,10-6-;;. The van der Waals surface area contributed by atoms with Gasteiger partial charge in [-0.15, -0.1) is 11.8 Å². The van der Waals surface area contributed by atoms with Gasteiger partial charge in [0.2, 0.25) is 0 Å². The molecule has 4 nitrogen and oxygen atoms in total. The van der Waals surface area contributed by atoms with Gasteiger partial charge in [0.1, 0.15) is 12.1 Å². The van der Waals surface area contributed by atoms with Crippen LogP contribution in [-0.4, -0.2) is 9.13 Å². The van der Waals surface area contributed by atoms with Crippen LogP contribution in [0.1, 0.15) is 75.2 Å². The second-order valence-corrected chi connectivity index (χ2v) is 7.67. The molecule has 0 bridgehead atoms. The first kappa shape index (κ1) is 25.8. The number of nitriles is 2. The summed E-state index contributed by atoms with van der Waals surface area (Å²) in [6.45, 7) is 20.0. The van der Waals surface area contributed by atoms with E-state index >= 15 is 0 Å². The number of rotatable bonds is 4. The minimum atomic E-state index is 0.411. The van der Waals surface area contributed by atoms with Gasteiger partial charge in [-0.25, -0.2) is 0 Å². The van der Waals surface area contributed by atoms with Crippen LogP contribution in [0.4, 0.5) is 0 Å². The lowest BCUT2D eigenvalue weighted by molar-refractivity contribution is 0.920. The zero-order valence-corrected chi connectivity index (χ0v) is 21.3. The van der Waals surface area contributed by atoms with E-state index in [-0.39, 0.29) is 0 Å². The quantitative estimate of drug-likeness (QED) is 0.396. The van der Waals surface area contributed by atoms with Gasteiger partial charge in [0.05, 0.1) is 33.9 Å². The molecule has 3 aromatic rings. The van der Waals surface area contributed by atoms with Crippen molar-refractivity contribution < 1.29 is 0 Å². The predicted octanol–water partition coefficient (Wildman–Crippen LogP) is 8.41. The Kier molecular flexibility index (Phi) is 8.97. The van der Waals surface area contributed by atoms with Crippen LogP contribution in [-0.2, 0) is 11.8 Å². The molecule has 0 amide bonds. The van der Waals surface area contributed by atoms with Gasteiger partial charge in [-0.3, -0.25) is 0 Å². The van der Waals surface area contributed by atoms with Crippen LogP contribution in [0.5, 0.6) is 0 Å². The second-order valence-electron chi connectivity index (χ2n) is 6.75. The molecule has 3 heterocycles. The van der Waals surface area contributed by atoms with E-state index in [4.69, 9.17) is 0 Å². The van der Waals surface area contributed by atoms with Crippen molar-refractivity contribution in [1.29, 1.82) is 10.5 Å². The molecule has 5 heteroatoms. The van der Waals surface area contributed by atoms with Crippen molar-refractivity contribution in [3.8, 4) is 12.1 Å². The molecule has 0 saturated carbocycles. The first-order valence-electron chi connectivity index (χ1n) is 11.3. The minimum Gasteiger partial charge on any atom is -0.329 e. The van der Waals surface area contributed by atoms with Gasteiger partial charge in [-0.1, -0.05) is 65.2 Å². The number of benzene rings is 1. The molecule has 0 aliphatic carbocycles. The van der Waals surface area contributed by atoms with Crippen molar-refractivity contribution >= 4 is 57.9 Å². The Morgan fingerprint density at radius 1 is 0.758 bits per heavy atom. The maximum Gasteiger partial charge on any atom is 0.101 e. The van der Waals surface area contributed by atoms with Crippen molar-refractivity contribution in [1.82, 2.24) is 9.13 Å². The molecule has 0 radical (unpaired) electrons. The highest BCUT2D eigenvalue weighted by Crippen LogP contribution is 2.45. The van der Waals surface area contributed by atoms with Crippen molar-refractivity contribution in [2.24, 2.45) is 0 Å². The summed E-state index contributed by atoms with van der Waals surface area (Å²) in [4.78, 5) is 0. The molecule has 4 rings (SSSR count). The van der Waals surface area contributed by atoms with Crippen molar-refractivity contribution in [2.75, 3.05) is 0 Å². The van der Waals surface area contributed by atoms with Gasteiger partial charge < -0.3 is 9.13 Å². The fourth-order valence-electron chi connectivity index (χ4n) is 4.37. The first-order valence-corrected chi connectivity index (χ1v) is 12.5. The molecule has 0 unspecified atom stereocenters. The fraction of sp³-hybridized carbons (Fsp3) is 0.286. The highest BCUT2D eigenvalue weighted by molar-refractivity contribution is 7.97. The van der Waals surface area contributed by atoms with Crippen molar-refractivity contribution in [2.45, 2.75) is 53.3 Å². The molecule has 33 heavy (non-hydrogen) atoms. The van der Waals surface area contributed by atoms with Gasteiger partial charge in [-0.05, 0) is 26.0 Å². The number of allylic oxidation sites excluding steroid dienone is 2. The number of hydrogen-bond donors (Lipinski definition) is 0. The minimum absolute atomic E-state index is 0.411. The topological polar surface area (TPSA) is 57.4 Å². The summed E-state index contributed by atoms with van der Waals surface area (Å²) in [5, 5.41) is 21.8. The number of aromatic nitrogens is 2. The fourth-order valence-corrected chi connectivity index (χ4v) is 5.35. The number of hydrogen-bond acceptors (Lipinski definition) is 3. The van der Waals surface area contributed by atoms with Crippen molar-refractivity contribution in [3.05, 3.63) is 59.0 Å². The maximum atomic E-state index is 10.1. The summed E-state index contributed by atoms with van der Waals surface area (Å²) < 4.78 is 4.49. The summed E-state index contributed by atoms with van der Waals surface area (Å²) in [5.74, 6) is 1.52. The van der Waals surface area contributed by atoms with Crippen LogP contribution < -0.4 is 0 Å². The van der Waals surface area contributed by atoms with E-state index in [1.165, 1.54) is 0 Å². The molecule has 0 spiro atoms. The first-order chi connectivity index (χ1) is 16.2. The van der Waals surface area contributed by atoms with Crippen LogP contribution in [0.25, 0.3) is 46.1 Å². The molecular weight excluding hydrogens is 424 g/mol. The zero-order chi connectivity index (χ0) is 24.7. The van der Waals surface area contributed by atoms with Crippen LogP contribution in [0.15, 0.2) is 25.3 Å². The van der Waals surface area contributed by atoms with Crippen LogP contribution in [0.3, 0.4) is 0 Å². The van der Waals surface area contributed by atoms with Crippen LogP contribution in [0.2, 0.25) is 0 Å². The predicted molar refractivity (Wildman–Crippen MR) is 147 cm³/mol. The molecule has 0 saturated heterocycles. The van der Waals surface area contributed by atoms with Gasteiger partial charge >= 0.3 is 0 Å². The van der Waals surface area contributed by atoms with Gasteiger partial charge in [0.15, 0.2) is 0 Å².